The molecular formula is C15H21N. The van der Waals surface area contributed by atoms with E-state index in [2.05, 4.69) is 35.7 Å². The molecule has 0 unspecified atom stereocenters. The molecule has 1 aliphatic rings. The van der Waals surface area contributed by atoms with Gasteiger partial charge in [-0.3, -0.25) is 4.90 Å². The fourth-order valence-electron chi connectivity index (χ4n) is 2.42. The minimum absolute atomic E-state index is 0.990. The lowest BCUT2D eigenvalue weighted by atomic mass is 10.0. The van der Waals surface area contributed by atoms with E-state index in [9.17, 15) is 0 Å². The topological polar surface area (TPSA) is 3.24 Å². The molecule has 1 heterocycles. The lowest BCUT2D eigenvalue weighted by Gasteiger charge is -2.27. The fourth-order valence-corrected chi connectivity index (χ4v) is 2.42. The lowest BCUT2D eigenvalue weighted by Crippen LogP contribution is -2.29. The van der Waals surface area contributed by atoms with Crippen molar-refractivity contribution in [3.05, 3.63) is 48.0 Å². The highest BCUT2D eigenvalue weighted by atomic mass is 15.1. The van der Waals surface area contributed by atoms with Crippen molar-refractivity contribution in [2.75, 3.05) is 13.1 Å². The van der Waals surface area contributed by atoms with Crippen molar-refractivity contribution in [3.63, 3.8) is 0 Å². The first-order valence-corrected chi connectivity index (χ1v) is 6.30. The van der Waals surface area contributed by atoms with Crippen molar-refractivity contribution in [3.8, 4) is 0 Å². The first kappa shape index (κ1) is 11.4. The summed E-state index contributed by atoms with van der Waals surface area (Å²) in [6.45, 7) is 7.48. The lowest BCUT2D eigenvalue weighted by molar-refractivity contribution is 0.220. The fraction of sp³-hybridized carbons (Fsp3) is 0.467. The smallest absolute Gasteiger partial charge is 0.0236 e. The van der Waals surface area contributed by atoms with Gasteiger partial charge in [0.05, 0.1) is 0 Å². The van der Waals surface area contributed by atoms with Gasteiger partial charge >= 0.3 is 0 Å². The Balaban J connectivity index is 2.04. The summed E-state index contributed by atoms with van der Waals surface area (Å²) in [4.78, 5) is 2.57. The monoisotopic (exact) mass is 215 g/mol. The molecule has 1 aliphatic heterocycles. The zero-order chi connectivity index (χ0) is 11.2. The van der Waals surface area contributed by atoms with Gasteiger partial charge in [0.1, 0.15) is 0 Å². The van der Waals surface area contributed by atoms with E-state index in [1.165, 1.54) is 43.5 Å². The second kappa shape index (κ2) is 5.86. The minimum atomic E-state index is 0.990. The van der Waals surface area contributed by atoms with Crippen molar-refractivity contribution in [2.24, 2.45) is 0 Å². The Hall–Kier alpha value is -1.08. The Morgan fingerprint density at radius 1 is 1.06 bits per heavy atom. The van der Waals surface area contributed by atoms with Crippen molar-refractivity contribution >= 4 is 0 Å². The van der Waals surface area contributed by atoms with E-state index in [0.717, 1.165) is 13.0 Å². The molecule has 1 saturated heterocycles. The third-order valence-corrected chi connectivity index (χ3v) is 3.33. The number of likely N-dealkylation sites (tertiary alicyclic amines) is 1. The first-order chi connectivity index (χ1) is 7.90. The van der Waals surface area contributed by atoms with Crippen LogP contribution in [0.3, 0.4) is 0 Å². The van der Waals surface area contributed by atoms with Crippen LogP contribution in [0.25, 0.3) is 0 Å². The molecule has 0 radical (unpaired) electrons. The molecule has 1 heteroatoms. The van der Waals surface area contributed by atoms with E-state index in [-0.39, 0.29) is 0 Å². The third-order valence-electron chi connectivity index (χ3n) is 3.33. The molecule has 86 valence electrons. The van der Waals surface area contributed by atoms with Crippen LogP contribution in [0.4, 0.5) is 0 Å². The summed E-state index contributed by atoms with van der Waals surface area (Å²) in [5.41, 5.74) is 2.91. The predicted molar refractivity (Wildman–Crippen MR) is 69.5 cm³/mol. The molecule has 0 aliphatic carbocycles. The second-order valence-electron chi connectivity index (χ2n) is 4.60. The quantitative estimate of drug-likeness (QED) is 0.696. The average Bonchev–Trinajstić information content (AvgIpc) is 2.33. The largest absolute Gasteiger partial charge is 0.299 e. The molecule has 0 bridgehead atoms. The van der Waals surface area contributed by atoms with Crippen LogP contribution in [0, 0.1) is 0 Å². The summed E-state index contributed by atoms with van der Waals surface area (Å²) >= 11 is 0. The van der Waals surface area contributed by atoms with Gasteiger partial charge in [0.25, 0.3) is 0 Å². The van der Waals surface area contributed by atoms with Crippen LogP contribution in [0.2, 0.25) is 0 Å². The van der Waals surface area contributed by atoms with Crippen LogP contribution in [0.1, 0.15) is 30.4 Å². The third kappa shape index (κ3) is 2.96. The molecule has 0 saturated carbocycles. The predicted octanol–water partition coefficient (Wildman–Crippen LogP) is 3.40. The van der Waals surface area contributed by atoms with Crippen LogP contribution in [-0.2, 0) is 13.0 Å². The highest BCUT2D eigenvalue weighted by Gasteiger charge is 2.11. The number of piperidine rings is 1. The zero-order valence-corrected chi connectivity index (χ0v) is 9.99. The van der Waals surface area contributed by atoms with Crippen LogP contribution in [-0.4, -0.2) is 18.0 Å². The molecule has 1 aromatic carbocycles. The van der Waals surface area contributed by atoms with Crippen LogP contribution >= 0.6 is 0 Å². The molecule has 1 nitrogen and oxygen atoms in total. The maximum absolute atomic E-state index is 3.83. The van der Waals surface area contributed by atoms with Crippen molar-refractivity contribution in [1.29, 1.82) is 0 Å². The number of allylic oxidation sites excluding steroid dienone is 1. The Bertz CT molecular complexity index is 337. The Labute approximate surface area is 98.8 Å². The molecule has 1 fully saturated rings. The Kier molecular flexibility index (Phi) is 4.17. The van der Waals surface area contributed by atoms with Gasteiger partial charge in [-0.2, -0.15) is 0 Å². The standard InChI is InChI=1S/C15H21N/c1-2-8-14-9-4-5-10-15(14)13-16-11-6-3-7-12-16/h2,4-5,9-10H,1,3,6-8,11-13H2. The van der Waals surface area contributed by atoms with Gasteiger partial charge < -0.3 is 0 Å². The van der Waals surface area contributed by atoms with E-state index < -0.39 is 0 Å². The Morgan fingerprint density at radius 2 is 1.75 bits per heavy atom. The average molecular weight is 215 g/mol. The summed E-state index contributed by atoms with van der Waals surface area (Å²) in [5.74, 6) is 0. The molecule has 0 spiro atoms. The van der Waals surface area contributed by atoms with E-state index in [0.29, 0.717) is 0 Å². The maximum atomic E-state index is 3.83. The van der Waals surface area contributed by atoms with Crippen LogP contribution in [0.15, 0.2) is 36.9 Å². The molecule has 0 amide bonds. The van der Waals surface area contributed by atoms with Gasteiger partial charge in [-0.25, -0.2) is 0 Å². The van der Waals surface area contributed by atoms with E-state index in [4.69, 9.17) is 0 Å². The molecule has 0 atom stereocenters. The Morgan fingerprint density at radius 3 is 2.44 bits per heavy atom. The summed E-state index contributed by atoms with van der Waals surface area (Å²) in [6, 6.07) is 8.75. The molecule has 1 aromatic rings. The first-order valence-electron chi connectivity index (χ1n) is 6.30. The number of benzene rings is 1. The van der Waals surface area contributed by atoms with Gasteiger partial charge in [-0.05, 0) is 43.5 Å². The zero-order valence-electron chi connectivity index (χ0n) is 9.99. The van der Waals surface area contributed by atoms with Crippen LogP contribution in [0.5, 0.6) is 0 Å². The molecular weight excluding hydrogens is 194 g/mol. The number of hydrogen-bond donors (Lipinski definition) is 0. The molecule has 0 aromatic heterocycles. The second-order valence-corrected chi connectivity index (χ2v) is 4.60. The molecule has 0 N–H and O–H groups in total. The summed E-state index contributed by atoms with van der Waals surface area (Å²) < 4.78 is 0. The van der Waals surface area contributed by atoms with Crippen LogP contribution < -0.4 is 0 Å². The van der Waals surface area contributed by atoms with Gasteiger partial charge in [0, 0.05) is 6.54 Å². The van der Waals surface area contributed by atoms with E-state index in [1.807, 2.05) is 6.08 Å². The minimum Gasteiger partial charge on any atom is -0.299 e. The van der Waals surface area contributed by atoms with Gasteiger partial charge in [-0.1, -0.05) is 36.8 Å². The molecule has 2 rings (SSSR count). The van der Waals surface area contributed by atoms with E-state index in [1.54, 1.807) is 0 Å². The summed E-state index contributed by atoms with van der Waals surface area (Å²) in [6.07, 6.45) is 7.12. The maximum Gasteiger partial charge on any atom is 0.0236 e. The summed E-state index contributed by atoms with van der Waals surface area (Å²) in [7, 11) is 0. The molecule has 16 heavy (non-hydrogen) atoms. The summed E-state index contributed by atoms with van der Waals surface area (Å²) in [5, 5.41) is 0. The van der Waals surface area contributed by atoms with Crippen molar-refractivity contribution in [1.82, 2.24) is 4.90 Å². The van der Waals surface area contributed by atoms with Gasteiger partial charge in [-0.15, -0.1) is 6.58 Å². The normalized spacial score (nSPS) is 17.2. The van der Waals surface area contributed by atoms with E-state index >= 15 is 0 Å². The number of rotatable bonds is 4. The highest BCUT2D eigenvalue weighted by molar-refractivity contribution is 5.28. The number of hydrogen-bond acceptors (Lipinski definition) is 1. The van der Waals surface area contributed by atoms with Gasteiger partial charge in [0.15, 0.2) is 0 Å². The SMILES string of the molecule is C=CCc1ccccc1CN1CCCCC1. The van der Waals surface area contributed by atoms with Crippen molar-refractivity contribution < 1.29 is 0 Å². The number of nitrogens with zero attached hydrogens (tertiary/aromatic N) is 1. The highest BCUT2D eigenvalue weighted by Crippen LogP contribution is 2.16. The van der Waals surface area contributed by atoms with Gasteiger partial charge in [0.2, 0.25) is 0 Å². The van der Waals surface area contributed by atoms with Crippen molar-refractivity contribution in [2.45, 2.75) is 32.2 Å².